The van der Waals surface area contributed by atoms with Crippen LogP contribution in [0.5, 0.6) is 0 Å². The molecule has 158 valence electrons. The zero-order chi connectivity index (χ0) is 20.5. The van der Waals surface area contributed by atoms with Crippen LogP contribution in [0.25, 0.3) is 0 Å². The normalized spacial score (nSPS) is 48.2. The summed E-state index contributed by atoms with van der Waals surface area (Å²) in [5, 5.41) is 10.8. The van der Waals surface area contributed by atoms with Crippen molar-refractivity contribution in [3.63, 3.8) is 0 Å². The monoisotopic (exact) mass is 412 g/mol. The van der Waals surface area contributed by atoms with E-state index in [0.29, 0.717) is 30.0 Å². The zero-order valence-electron chi connectivity index (χ0n) is 16.9. The van der Waals surface area contributed by atoms with Crippen LogP contribution in [-0.4, -0.2) is 36.1 Å². The Hall–Kier alpha value is -0.760. The van der Waals surface area contributed by atoms with Gasteiger partial charge < -0.3 is 5.11 Å². The molecular formula is C21H32O6S. The number of allylic oxidation sites excluding steroid dienone is 1. The van der Waals surface area contributed by atoms with Crippen molar-refractivity contribution < 1.29 is 27.1 Å². The molecular weight excluding hydrogens is 380 g/mol. The number of hydrogen-bond donors (Lipinski definition) is 2. The summed E-state index contributed by atoms with van der Waals surface area (Å²) in [4.78, 5) is 12.2. The van der Waals surface area contributed by atoms with Crippen LogP contribution in [0, 0.1) is 34.5 Å². The van der Waals surface area contributed by atoms with Crippen molar-refractivity contribution in [3.8, 4) is 0 Å². The van der Waals surface area contributed by atoms with E-state index >= 15 is 0 Å². The molecule has 0 aromatic carbocycles. The molecule has 4 unspecified atom stereocenters. The summed E-state index contributed by atoms with van der Waals surface area (Å²) in [5.74, 6) is 1.94. The molecule has 0 bridgehead atoms. The van der Waals surface area contributed by atoms with Gasteiger partial charge in [-0.1, -0.05) is 19.9 Å². The quantitative estimate of drug-likeness (QED) is 0.545. The van der Waals surface area contributed by atoms with Crippen molar-refractivity contribution in [2.45, 2.75) is 77.9 Å². The summed E-state index contributed by atoms with van der Waals surface area (Å²) in [6.45, 7) is 6.24. The third-order valence-electron chi connectivity index (χ3n) is 8.88. The van der Waals surface area contributed by atoms with Crippen molar-refractivity contribution in [2.24, 2.45) is 34.5 Å². The van der Waals surface area contributed by atoms with Crippen LogP contribution in [0.15, 0.2) is 11.6 Å². The van der Waals surface area contributed by atoms with Crippen LogP contribution in [0.3, 0.4) is 0 Å². The van der Waals surface area contributed by atoms with E-state index in [1.54, 1.807) is 6.92 Å². The van der Waals surface area contributed by atoms with E-state index in [1.807, 2.05) is 0 Å². The second kappa shape index (κ2) is 6.62. The molecule has 4 aliphatic carbocycles. The van der Waals surface area contributed by atoms with Crippen molar-refractivity contribution >= 4 is 16.2 Å². The van der Waals surface area contributed by atoms with Gasteiger partial charge in [-0.05, 0) is 86.0 Å². The van der Waals surface area contributed by atoms with Gasteiger partial charge in [-0.2, -0.15) is 8.42 Å². The molecule has 0 aliphatic heterocycles. The molecule has 4 aliphatic rings. The van der Waals surface area contributed by atoms with Crippen LogP contribution in [-0.2, 0) is 19.4 Å². The molecule has 4 rings (SSSR count). The molecule has 0 heterocycles. The Balaban J connectivity index is 1.62. The smallest absolute Gasteiger partial charge is 0.386 e. The lowest BCUT2D eigenvalue weighted by Gasteiger charge is -2.58. The van der Waals surface area contributed by atoms with Gasteiger partial charge in [0, 0.05) is 5.92 Å². The summed E-state index contributed by atoms with van der Waals surface area (Å²) in [6.07, 6.45) is 6.30. The summed E-state index contributed by atoms with van der Waals surface area (Å²) < 4.78 is 36.0. The first-order valence-electron chi connectivity index (χ1n) is 10.5. The van der Waals surface area contributed by atoms with Gasteiger partial charge in [0.15, 0.2) is 0 Å². The summed E-state index contributed by atoms with van der Waals surface area (Å²) in [6, 6.07) is 0. The van der Waals surface area contributed by atoms with Crippen LogP contribution in [0.2, 0.25) is 0 Å². The Morgan fingerprint density at radius 2 is 1.86 bits per heavy atom. The molecule has 8 atom stereocenters. The highest BCUT2D eigenvalue weighted by atomic mass is 32.3. The molecule has 2 N–H and O–H groups in total. The number of aliphatic hydroxyl groups is 1. The van der Waals surface area contributed by atoms with Gasteiger partial charge >= 0.3 is 10.4 Å². The van der Waals surface area contributed by atoms with Gasteiger partial charge in [0.05, 0.1) is 0 Å². The highest BCUT2D eigenvalue weighted by molar-refractivity contribution is 7.80. The van der Waals surface area contributed by atoms with E-state index in [0.717, 1.165) is 44.1 Å². The number of aliphatic hydroxyl groups excluding tert-OH is 1. The summed E-state index contributed by atoms with van der Waals surface area (Å²) >= 11 is 0. The Morgan fingerprint density at radius 1 is 1.14 bits per heavy atom. The molecule has 0 aromatic rings. The third-order valence-corrected chi connectivity index (χ3v) is 9.37. The van der Waals surface area contributed by atoms with Gasteiger partial charge in [-0.25, -0.2) is 4.18 Å². The number of hydrogen-bond acceptors (Lipinski definition) is 5. The number of carbonyl (C=O) groups excluding carboxylic acids is 1. The molecule has 3 fully saturated rings. The predicted octanol–water partition coefficient (Wildman–Crippen LogP) is 3.31. The average molecular weight is 413 g/mol. The highest BCUT2D eigenvalue weighted by Gasteiger charge is 2.60. The fraction of sp³-hybridized carbons (Fsp3) is 0.857. The zero-order valence-corrected chi connectivity index (χ0v) is 17.7. The van der Waals surface area contributed by atoms with Crippen molar-refractivity contribution in [1.82, 2.24) is 0 Å². The minimum absolute atomic E-state index is 0.0819. The van der Waals surface area contributed by atoms with E-state index in [-0.39, 0.29) is 16.7 Å². The van der Waals surface area contributed by atoms with Crippen molar-refractivity contribution in [3.05, 3.63) is 11.6 Å². The summed E-state index contributed by atoms with van der Waals surface area (Å²) in [7, 11) is -4.59. The van der Waals surface area contributed by atoms with Crippen LogP contribution >= 0.6 is 0 Å². The fourth-order valence-electron chi connectivity index (χ4n) is 7.63. The number of ketones is 1. The van der Waals surface area contributed by atoms with E-state index < -0.39 is 22.6 Å². The van der Waals surface area contributed by atoms with E-state index in [9.17, 15) is 18.3 Å². The molecule has 0 aromatic heterocycles. The maximum absolute atomic E-state index is 12.2. The van der Waals surface area contributed by atoms with E-state index in [1.165, 1.54) is 0 Å². The van der Waals surface area contributed by atoms with Gasteiger partial charge in [-0.3, -0.25) is 9.35 Å². The maximum Gasteiger partial charge on any atom is 0.397 e. The number of fused-ring (bicyclic) bond motifs is 5. The second-order valence-corrected chi connectivity index (χ2v) is 11.1. The molecule has 0 radical (unpaired) electrons. The minimum atomic E-state index is -4.59. The van der Waals surface area contributed by atoms with Gasteiger partial charge in [0.2, 0.25) is 0 Å². The first-order chi connectivity index (χ1) is 13.0. The van der Waals surface area contributed by atoms with Crippen molar-refractivity contribution in [2.75, 3.05) is 0 Å². The van der Waals surface area contributed by atoms with Crippen molar-refractivity contribution in [1.29, 1.82) is 0 Å². The fourth-order valence-corrected chi connectivity index (χ4v) is 8.14. The Morgan fingerprint density at radius 3 is 2.50 bits per heavy atom. The first-order valence-corrected chi connectivity index (χ1v) is 11.9. The number of rotatable bonds is 3. The van der Waals surface area contributed by atoms with E-state index in [4.69, 9.17) is 8.74 Å². The Bertz CT molecular complexity index is 804. The standard InChI is InChI=1S/C21H32O6S/c1-12(22)14-6-7-15-13-4-5-17-19(23)18(27-28(24,25)26)9-11-21(17,3)16(13)8-10-20(14,15)2/h5,13-16,18-19,23H,4,6-11H2,1-3H3,(H,24,25,26)/t13?,14?,15?,16?,18-,19+,20+,21+/m0/s1. The lowest BCUT2D eigenvalue weighted by Crippen LogP contribution is -2.54. The maximum atomic E-state index is 12.2. The van der Waals surface area contributed by atoms with Gasteiger partial charge in [0.1, 0.15) is 18.0 Å². The number of carbonyl (C=O) groups is 1. The molecule has 0 spiro atoms. The topological polar surface area (TPSA) is 101 Å². The minimum Gasteiger partial charge on any atom is -0.386 e. The lowest BCUT2D eigenvalue weighted by atomic mass is 9.47. The van der Waals surface area contributed by atoms with Gasteiger partial charge in [-0.15, -0.1) is 0 Å². The number of Topliss-reactive ketones (excluding diaryl/α,β-unsaturated/α-hetero) is 1. The lowest BCUT2D eigenvalue weighted by molar-refractivity contribution is -0.128. The molecule has 6 nitrogen and oxygen atoms in total. The Kier molecular flexibility index (Phi) is 4.85. The Labute approximate surface area is 167 Å². The molecule has 28 heavy (non-hydrogen) atoms. The van der Waals surface area contributed by atoms with Gasteiger partial charge in [0.25, 0.3) is 0 Å². The highest BCUT2D eigenvalue weighted by Crippen LogP contribution is 2.66. The predicted molar refractivity (Wildman–Crippen MR) is 104 cm³/mol. The molecule has 0 saturated heterocycles. The largest absolute Gasteiger partial charge is 0.397 e. The SMILES string of the molecule is CC(=O)C1CCC2C3CC=C4[C@@H](O)[C@@H](OS(=O)(=O)O)CC[C@]4(C)C3CC[C@]12C. The van der Waals surface area contributed by atoms with Crippen LogP contribution in [0.4, 0.5) is 0 Å². The summed E-state index contributed by atoms with van der Waals surface area (Å²) in [5.41, 5.74) is 0.772. The molecule has 7 heteroatoms. The second-order valence-electron chi connectivity index (χ2n) is 10.0. The molecule has 0 amide bonds. The molecule has 3 saturated carbocycles. The van der Waals surface area contributed by atoms with Crippen LogP contribution in [0.1, 0.15) is 65.7 Å². The average Bonchev–Trinajstić information content (AvgIpc) is 2.94. The first kappa shape index (κ1) is 20.5. The third kappa shape index (κ3) is 3.01. The van der Waals surface area contributed by atoms with Crippen LogP contribution < -0.4 is 0 Å². The van der Waals surface area contributed by atoms with E-state index in [2.05, 4.69) is 19.9 Å².